The van der Waals surface area contributed by atoms with Crippen LogP contribution in [0.2, 0.25) is 0 Å². The molecule has 2 amide bonds. The predicted octanol–water partition coefficient (Wildman–Crippen LogP) is 4.87. The van der Waals surface area contributed by atoms with Gasteiger partial charge in [-0.1, -0.05) is 60.1 Å². The van der Waals surface area contributed by atoms with E-state index in [-0.39, 0.29) is 30.4 Å². The molecule has 0 aromatic heterocycles. The minimum Gasteiger partial charge on any atom is -0.496 e. The molecule has 0 bridgehead atoms. The lowest BCUT2D eigenvalue weighted by molar-refractivity contribution is -0.142. The van der Waals surface area contributed by atoms with Crippen molar-refractivity contribution in [1.82, 2.24) is 10.2 Å². The molecule has 6 nitrogen and oxygen atoms in total. The number of benzene rings is 2. The van der Waals surface area contributed by atoms with Gasteiger partial charge < -0.3 is 19.7 Å². The maximum absolute atomic E-state index is 13.6. The first-order chi connectivity index (χ1) is 15.9. The third-order valence-corrected chi connectivity index (χ3v) is 6.24. The third-order valence-electron chi connectivity index (χ3n) is 5.71. The van der Waals surface area contributed by atoms with E-state index in [9.17, 15) is 9.59 Å². The number of carbonyl (C=O) groups is 2. The quantitative estimate of drug-likeness (QED) is 0.489. The van der Waals surface area contributed by atoms with E-state index in [0.29, 0.717) is 18.7 Å². The number of methoxy groups -OCH3 is 1. The molecule has 1 aliphatic rings. The first kappa shape index (κ1) is 25.2. The zero-order valence-electron chi connectivity index (χ0n) is 19.6. The average Bonchev–Trinajstić information content (AvgIpc) is 3.32. The highest BCUT2D eigenvalue weighted by Crippen LogP contribution is 2.29. The molecule has 1 saturated heterocycles. The molecule has 7 heteroatoms. The highest BCUT2D eigenvalue weighted by Gasteiger charge is 2.33. The molecule has 0 spiro atoms. The normalized spacial score (nSPS) is 16.5. The lowest BCUT2D eigenvalue weighted by Gasteiger charge is -2.33. The lowest BCUT2D eigenvalue weighted by atomic mass is 10.0. The Balaban J connectivity index is 1.96. The van der Waals surface area contributed by atoms with Gasteiger partial charge in [-0.15, -0.1) is 0 Å². The molecular weight excluding hydrogens is 484 g/mol. The van der Waals surface area contributed by atoms with Crippen LogP contribution < -0.4 is 10.1 Å². The summed E-state index contributed by atoms with van der Waals surface area (Å²) in [4.78, 5) is 28.7. The van der Waals surface area contributed by atoms with Crippen LogP contribution in [0.25, 0.3) is 0 Å². The van der Waals surface area contributed by atoms with Crippen molar-refractivity contribution in [1.29, 1.82) is 0 Å². The number of para-hydroxylation sites is 1. The summed E-state index contributed by atoms with van der Waals surface area (Å²) in [5.41, 5.74) is 1.61. The van der Waals surface area contributed by atoms with Crippen LogP contribution in [0, 0.1) is 5.92 Å². The number of rotatable bonds is 10. The molecule has 33 heavy (non-hydrogen) atoms. The van der Waals surface area contributed by atoms with Crippen molar-refractivity contribution < 1.29 is 19.1 Å². The second-order valence-corrected chi connectivity index (χ2v) is 9.68. The molecule has 0 radical (unpaired) electrons. The summed E-state index contributed by atoms with van der Waals surface area (Å²) in [5, 5.41) is 3.04. The standard InChI is InChI=1S/C26H33BrN2O4/c1-18(2)15-24(30)29(17-20-7-4-5-9-23(20)32-3)25(19-10-12-21(27)13-11-19)26(31)28-16-22-8-6-14-33-22/h4-5,7,9-13,18,22,25H,6,8,14-17H2,1-3H3,(H,28,31). The van der Waals surface area contributed by atoms with Crippen LogP contribution in [0.3, 0.4) is 0 Å². The molecule has 2 aromatic rings. The van der Waals surface area contributed by atoms with E-state index >= 15 is 0 Å². The van der Waals surface area contributed by atoms with Crippen molar-refractivity contribution in [2.24, 2.45) is 5.92 Å². The molecule has 178 valence electrons. The van der Waals surface area contributed by atoms with E-state index in [0.717, 1.165) is 35.0 Å². The minimum absolute atomic E-state index is 0.0218. The number of halogens is 1. The summed E-state index contributed by atoms with van der Waals surface area (Å²) in [6.45, 7) is 5.44. The fourth-order valence-electron chi connectivity index (χ4n) is 4.04. The summed E-state index contributed by atoms with van der Waals surface area (Å²) in [6.07, 6.45) is 2.30. The van der Waals surface area contributed by atoms with Crippen molar-refractivity contribution in [3.8, 4) is 5.75 Å². The van der Waals surface area contributed by atoms with Gasteiger partial charge in [0.25, 0.3) is 0 Å². The van der Waals surface area contributed by atoms with Gasteiger partial charge in [0.05, 0.1) is 19.8 Å². The monoisotopic (exact) mass is 516 g/mol. The molecule has 2 unspecified atom stereocenters. The first-order valence-electron chi connectivity index (χ1n) is 11.4. The molecule has 3 rings (SSSR count). The Morgan fingerprint density at radius 1 is 1.18 bits per heavy atom. The van der Waals surface area contributed by atoms with Gasteiger partial charge in [-0.3, -0.25) is 9.59 Å². The number of hydrogen-bond donors (Lipinski definition) is 1. The fourth-order valence-corrected chi connectivity index (χ4v) is 4.31. The van der Waals surface area contributed by atoms with Crippen molar-refractivity contribution in [2.75, 3.05) is 20.3 Å². The Labute approximate surface area is 204 Å². The van der Waals surface area contributed by atoms with Crippen molar-refractivity contribution in [2.45, 2.75) is 51.8 Å². The Morgan fingerprint density at radius 3 is 2.55 bits per heavy atom. The molecule has 1 fully saturated rings. The Bertz CT molecular complexity index is 926. The SMILES string of the molecule is COc1ccccc1CN(C(=O)CC(C)C)C(C(=O)NCC1CCCO1)c1ccc(Br)cc1. The third kappa shape index (κ3) is 7.05. The van der Waals surface area contributed by atoms with Gasteiger partial charge in [-0.25, -0.2) is 0 Å². The largest absolute Gasteiger partial charge is 0.496 e. The smallest absolute Gasteiger partial charge is 0.247 e. The Kier molecular flexibility index (Phi) is 9.32. The van der Waals surface area contributed by atoms with Gasteiger partial charge in [-0.2, -0.15) is 0 Å². The van der Waals surface area contributed by atoms with Crippen molar-refractivity contribution in [3.05, 3.63) is 64.1 Å². The number of ether oxygens (including phenoxy) is 2. The zero-order valence-corrected chi connectivity index (χ0v) is 21.1. The highest BCUT2D eigenvalue weighted by atomic mass is 79.9. The molecule has 1 N–H and O–H groups in total. The zero-order chi connectivity index (χ0) is 23.8. The predicted molar refractivity (Wildman–Crippen MR) is 132 cm³/mol. The molecular formula is C26H33BrN2O4. The Hall–Kier alpha value is -2.38. The van der Waals surface area contributed by atoms with E-state index in [1.807, 2.05) is 62.4 Å². The fraction of sp³-hybridized carbons (Fsp3) is 0.462. The second kappa shape index (κ2) is 12.2. The van der Waals surface area contributed by atoms with Gasteiger partial charge in [0, 0.05) is 29.6 Å². The van der Waals surface area contributed by atoms with E-state index in [4.69, 9.17) is 9.47 Å². The summed E-state index contributed by atoms with van der Waals surface area (Å²) >= 11 is 3.46. The summed E-state index contributed by atoms with van der Waals surface area (Å²) in [5.74, 6) is 0.572. The number of nitrogens with zero attached hydrogens (tertiary/aromatic N) is 1. The number of nitrogens with one attached hydrogen (secondary N) is 1. The van der Waals surface area contributed by atoms with Crippen LogP contribution in [0.5, 0.6) is 5.75 Å². The minimum atomic E-state index is -0.768. The number of carbonyl (C=O) groups excluding carboxylic acids is 2. The van der Waals surface area contributed by atoms with E-state index in [1.54, 1.807) is 12.0 Å². The first-order valence-corrected chi connectivity index (χ1v) is 12.2. The maximum Gasteiger partial charge on any atom is 0.247 e. The van der Waals surface area contributed by atoms with Gasteiger partial charge in [-0.05, 0) is 42.5 Å². The van der Waals surface area contributed by atoms with E-state index < -0.39 is 6.04 Å². The highest BCUT2D eigenvalue weighted by molar-refractivity contribution is 9.10. The van der Waals surface area contributed by atoms with Crippen LogP contribution in [0.1, 0.15) is 50.3 Å². The van der Waals surface area contributed by atoms with Gasteiger partial charge in [0.15, 0.2) is 0 Å². The molecule has 1 heterocycles. The van der Waals surface area contributed by atoms with Crippen LogP contribution in [-0.2, 0) is 20.9 Å². The van der Waals surface area contributed by atoms with Gasteiger partial charge in [0.1, 0.15) is 11.8 Å². The van der Waals surface area contributed by atoms with Crippen LogP contribution >= 0.6 is 15.9 Å². The van der Waals surface area contributed by atoms with Crippen LogP contribution in [0.15, 0.2) is 53.0 Å². The lowest BCUT2D eigenvalue weighted by Crippen LogP contribution is -2.45. The summed E-state index contributed by atoms with van der Waals surface area (Å²) in [7, 11) is 1.61. The second-order valence-electron chi connectivity index (χ2n) is 8.77. The van der Waals surface area contributed by atoms with E-state index in [2.05, 4.69) is 21.2 Å². The van der Waals surface area contributed by atoms with Crippen molar-refractivity contribution >= 4 is 27.7 Å². The number of amides is 2. The van der Waals surface area contributed by atoms with Crippen LogP contribution in [0.4, 0.5) is 0 Å². The molecule has 0 saturated carbocycles. The topological polar surface area (TPSA) is 67.9 Å². The van der Waals surface area contributed by atoms with Gasteiger partial charge in [0.2, 0.25) is 11.8 Å². The molecule has 0 aliphatic carbocycles. The summed E-state index contributed by atoms with van der Waals surface area (Å²) < 4.78 is 12.1. The number of hydrogen-bond acceptors (Lipinski definition) is 4. The summed E-state index contributed by atoms with van der Waals surface area (Å²) in [6, 6.07) is 14.4. The van der Waals surface area contributed by atoms with Crippen molar-refractivity contribution in [3.63, 3.8) is 0 Å². The average molecular weight is 517 g/mol. The molecule has 2 atom stereocenters. The maximum atomic E-state index is 13.6. The Morgan fingerprint density at radius 2 is 1.91 bits per heavy atom. The van der Waals surface area contributed by atoms with E-state index in [1.165, 1.54) is 0 Å². The van der Waals surface area contributed by atoms with Crippen LogP contribution in [-0.4, -0.2) is 43.1 Å². The van der Waals surface area contributed by atoms with Gasteiger partial charge >= 0.3 is 0 Å². The molecule has 1 aliphatic heterocycles. The molecule has 2 aromatic carbocycles.